The number of nitrogens with zero attached hydrogens (tertiary/aromatic N) is 2. The summed E-state index contributed by atoms with van der Waals surface area (Å²) in [6, 6.07) is 12.9. The number of fused-ring (bicyclic) bond motifs is 1. The molecule has 2 aromatic carbocycles. The number of hydrogen-bond donors (Lipinski definition) is 1. The van der Waals surface area contributed by atoms with Crippen molar-refractivity contribution in [2.45, 2.75) is 20.4 Å². The summed E-state index contributed by atoms with van der Waals surface area (Å²) in [5.41, 5.74) is 1.66. The third-order valence-corrected chi connectivity index (χ3v) is 5.26. The SMILES string of the molecule is CCN(CC(=O)Nc1ccc(OC)cc1)CC(=O)N(CC)Cc1ccc2c(c1)OCCO2. The molecule has 3 rings (SSSR count). The Bertz CT molecular complexity index is 916. The van der Waals surface area contributed by atoms with Gasteiger partial charge in [-0.3, -0.25) is 14.5 Å². The summed E-state index contributed by atoms with van der Waals surface area (Å²) in [4.78, 5) is 29.0. The van der Waals surface area contributed by atoms with Crippen LogP contribution in [0.2, 0.25) is 0 Å². The van der Waals surface area contributed by atoms with E-state index in [1.54, 1.807) is 36.3 Å². The molecule has 172 valence electrons. The monoisotopic (exact) mass is 441 g/mol. The van der Waals surface area contributed by atoms with Gasteiger partial charge in [0, 0.05) is 18.8 Å². The van der Waals surface area contributed by atoms with Crippen molar-refractivity contribution in [3.05, 3.63) is 48.0 Å². The Morgan fingerprint density at radius 3 is 2.34 bits per heavy atom. The van der Waals surface area contributed by atoms with Crippen LogP contribution in [0.4, 0.5) is 5.69 Å². The molecule has 8 nitrogen and oxygen atoms in total. The van der Waals surface area contributed by atoms with Crippen molar-refractivity contribution in [1.82, 2.24) is 9.80 Å². The van der Waals surface area contributed by atoms with Crippen molar-refractivity contribution in [3.8, 4) is 17.2 Å². The number of hydrogen-bond acceptors (Lipinski definition) is 6. The van der Waals surface area contributed by atoms with Gasteiger partial charge in [-0.25, -0.2) is 0 Å². The van der Waals surface area contributed by atoms with Gasteiger partial charge in [-0.05, 0) is 55.4 Å². The smallest absolute Gasteiger partial charge is 0.238 e. The third kappa shape index (κ3) is 6.37. The second-order valence-corrected chi connectivity index (χ2v) is 7.47. The third-order valence-electron chi connectivity index (χ3n) is 5.26. The van der Waals surface area contributed by atoms with Gasteiger partial charge < -0.3 is 24.4 Å². The number of anilines is 1. The Kier molecular flexibility index (Phi) is 8.33. The van der Waals surface area contributed by atoms with Crippen LogP contribution < -0.4 is 19.5 Å². The van der Waals surface area contributed by atoms with E-state index in [1.807, 2.05) is 36.9 Å². The fourth-order valence-electron chi connectivity index (χ4n) is 3.43. The maximum atomic E-state index is 12.9. The van der Waals surface area contributed by atoms with Gasteiger partial charge in [0.1, 0.15) is 19.0 Å². The van der Waals surface area contributed by atoms with Crippen molar-refractivity contribution >= 4 is 17.5 Å². The first kappa shape index (κ1) is 23.4. The average Bonchev–Trinajstić information content (AvgIpc) is 2.82. The molecule has 0 aliphatic carbocycles. The zero-order chi connectivity index (χ0) is 22.9. The molecule has 1 aliphatic rings. The van der Waals surface area contributed by atoms with Crippen LogP contribution in [0.25, 0.3) is 0 Å². The molecule has 2 amide bonds. The first-order chi connectivity index (χ1) is 15.5. The van der Waals surface area contributed by atoms with Crippen LogP contribution in [0.15, 0.2) is 42.5 Å². The molecule has 8 heteroatoms. The van der Waals surface area contributed by atoms with Crippen LogP contribution in [-0.2, 0) is 16.1 Å². The highest BCUT2D eigenvalue weighted by Crippen LogP contribution is 2.31. The molecule has 0 fully saturated rings. The fraction of sp³-hybridized carbons (Fsp3) is 0.417. The second kappa shape index (κ2) is 11.4. The zero-order valence-corrected chi connectivity index (χ0v) is 18.9. The molecule has 0 unspecified atom stereocenters. The molecule has 0 bridgehead atoms. The molecule has 0 saturated heterocycles. The molecule has 32 heavy (non-hydrogen) atoms. The summed E-state index contributed by atoms with van der Waals surface area (Å²) in [5.74, 6) is 1.97. The predicted octanol–water partition coefficient (Wildman–Crippen LogP) is 2.78. The zero-order valence-electron chi connectivity index (χ0n) is 18.9. The van der Waals surface area contributed by atoms with Gasteiger partial charge in [0.2, 0.25) is 11.8 Å². The Morgan fingerprint density at radius 1 is 0.969 bits per heavy atom. The number of benzene rings is 2. The molecule has 0 aromatic heterocycles. The number of amides is 2. The van der Waals surface area contributed by atoms with Gasteiger partial charge in [0.05, 0.1) is 20.2 Å². The Morgan fingerprint density at radius 2 is 1.69 bits per heavy atom. The van der Waals surface area contributed by atoms with Crippen molar-refractivity contribution < 1.29 is 23.8 Å². The predicted molar refractivity (Wildman–Crippen MR) is 122 cm³/mol. The van der Waals surface area contributed by atoms with Crippen molar-refractivity contribution in [2.24, 2.45) is 0 Å². The lowest BCUT2D eigenvalue weighted by Crippen LogP contribution is -2.42. The van der Waals surface area contributed by atoms with Crippen molar-refractivity contribution in [3.63, 3.8) is 0 Å². The van der Waals surface area contributed by atoms with Gasteiger partial charge in [0.25, 0.3) is 0 Å². The molecule has 1 N–H and O–H groups in total. The standard InChI is InChI=1S/C24H31N3O5/c1-4-26(16-23(28)25-19-7-9-20(30-3)10-8-19)17-24(29)27(5-2)15-18-6-11-21-22(14-18)32-13-12-31-21/h6-11,14H,4-5,12-13,15-17H2,1-3H3,(H,25,28). The number of likely N-dealkylation sites (N-methyl/N-ethyl adjacent to an activating group) is 2. The summed E-state index contributed by atoms with van der Waals surface area (Å²) >= 11 is 0. The maximum Gasteiger partial charge on any atom is 0.238 e. The Hall–Kier alpha value is -3.26. The molecule has 1 heterocycles. The van der Waals surface area contributed by atoms with Crippen LogP contribution >= 0.6 is 0 Å². The van der Waals surface area contributed by atoms with E-state index in [0.717, 1.165) is 17.1 Å². The van der Waals surface area contributed by atoms with Crippen LogP contribution in [0.5, 0.6) is 17.2 Å². The van der Waals surface area contributed by atoms with Crippen LogP contribution in [0.3, 0.4) is 0 Å². The second-order valence-electron chi connectivity index (χ2n) is 7.47. The van der Waals surface area contributed by atoms with E-state index in [2.05, 4.69) is 5.32 Å². The van der Waals surface area contributed by atoms with E-state index in [1.165, 1.54) is 0 Å². The molecule has 0 atom stereocenters. The van der Waals surface area contributed by atoms with E-state index < -0.39 is 0 Å². The number of carbonyl (C=O) groups excluding carboxylic acids is 2. The average molecular weight is 442 g/mol. The van der Waals surface area contributed by atoms with E-state index in [-0.39, 0.29) is 24.9 Å². The lowest BCUT2D eigenvalue weighted by atomic mass is 10.1. The first-order valence-corrected chi connectivity index (χ1v) is 10.8. The van der Waals surface area contributed by atoms with E-state index in [0.29, 0.717) is 44.3 Å². The highest BCUT2D eigenvalue weighted by Gasteiger charge is 2.19. The van der Waals surface area contributed by atoms with Gasteiger partial charge in [-0.2, -0.15) is 0 Å². The molecule has 0 spiro atoms. The van der Waals surface area contributed by atoms with Crippen molar-refractivity contribution in [2.75, 3.05) is 51.8 Å². The summed E-state index contributed by atoms with van der Waals surface area (Å²) in [6.45, 7) is 6.89. The molecular formula is C24H31N3O5. The van der Waals surface area contributed by atoms with Crippen LogP contribution in [0, 0.1) is 0 Å². The first-order valence-electron chi connectivity index (χ1n) is 10.8. The van der Waals surface area contributed by atoms with Gasteiger partial charge in [0.15, 0.2) is 11.5 Å². The minimum Gasteiger partial charge on any atom is -0.497 e. The minimum atomic E-state index is -0.167. The Balaban J connectivity index is 1.54. The molecule has 1 aliphatic heterocycles. The highest BCUT2D eigenvalue weighted by atomic mass is 16.6. The van der Waals surface area contributed by atoms with Gasteiger partial charge >= 0.3 is 0 Å². The largest absolute Gasteiger partial charge is 0.497 e. The minimum absolute atomic E-state index is 0.0264. The maximum absolute atomic E-state index is 12.9. The van der Waals surface area contributed by atoms with Gasteiger partial charge in [-0.15, -0.1) is 0 Å². The number of methoxy groups -OCH3 is 1. The molecular weight excluding hydrogens is 410 g/mol. The molecule has 0 radical (unpaired) electrons. The summed E-state index contributed by atoms with van der Waals surface area (Å²) in [5, 5.41) is 2.86. The number of carbonyl (C=O) groups is 2. The summed E-state index contributed by atoms with van der Waals surface area (Å²) < 4.78 is 16.3. The van der Waals surface area contributed by atoms with E-state index in [9.17, 15) is 9.59 Å². The quantitative estimate of drug-likeness (QED) is 0.611. The summed E-state index contributed by atoms with van der Waals surface area (Å²) in [7, 11) is 1.59. The van der Waals surface area contributed by atoms with E-state index >= 15 is 0 Å². The number of rotatable bonds is 10. The van der Waals surface area contributed by atoms with Crippen LogP contribution in [0.1, 0.15) is 19.4 Å². The van der Waals surface area contributed by atoms with Crippen LogP contribution in [-0.4, -0.2) is 68.1 Å². The highest BCUT2D eigenvalue weighted by molar-refractivity contribution is 5.92. The topological polar surface area (TPSA) is 80.3 Å². The molecule has 2 aromatic rings. The lowest BCUT2D eigenvalue weighted by molar-refractivity contribution is -0.133. The van der Waals surface area contributed by atoms with Gasteiger partial charge in [-0.1, -0.05) is 13.0 Å². The molecule has 0 saturated carbocycles. The number of nitrogens with one attached hydrogen (secondary N) is 1. The number of ether oxygens (including phenoxy) is 3. The van der Waals surface area contributed by atoms with Crippen molar-refractivity contribution in [1.29, 1.82) is 0 Å². The summed E-state index contributed by atoms with van der Waals surface area (Å²) in [6.07, 6.45) is 0. The Labute approximate surface area is 189 Å². The van der Waals surface area contributed by atoms with E-state index in [4.69, 9.17) is 14.2 Å². The fourth-order valence-corrected chi connectivity index (χ4v) is 3.43. The normalized spacial score (nSPS) is 12.4. The lowest BCUT2D eigenvalue weighted by Gasteiger charge is -2.26.